The van der Waals surface area contributed by atoms with E-state index in [2.05, 4.69) is 10.6 Å². The Morgan fingerprint density at radius 2 is 2.22 bits per heavy atom. The largest absolute Gasteiger partial charge is 0.397 e. The average Bonchev–Trinajstić information content (AvgIpc) is 2.37. The highest BCUT2D eigenvalue weighted by molar-refractivity contribution is 5.96. The van der Waals surface area contributed by atoms with Crippen LogP contribution >= 0.6 is 0 Å². The van der Waals surface area contributed by atoms with Gasteiger partial charge < -0.3 is 21.5 Å². The number of nitrogens with two attached hydrogens (primary N) is 1. The van der Waals surface area contributed by atoms with Crippen molar-refractivity contribution in [2.45, 2.75) is 25.9 Å². The van der Waals surface area contributed by atoms with Crippen LogP contribution in [0.2, 0.25) is 0 Å². The van der Waals surface area contributed by atoms with E-state index in [4.69, 9.17) is 5.73 Å². The summed E-state index contributed by atoms with van der Waals surface area (Å²) in [7, 11) is 1.58. The van der Waals surface area contributed by atoms with Crippen LogP contribution in [0.5, 0.6) is 0 Å². The fraction of sp³-hybridized carbons (Fsp3) is 0.462. The van der Waals surface area contributed by atoms with Crippen molar-refractivity contribution in [3.05, 3.63) is 23.8 Å². The fourth-order valence-corrected chi connectivity index (χ4v) is 1.66. The van der Waals surface area contributed by atoms with Gasteiger partial charge >= 0.3 is 0 Å². The summed E-state index contributed by atoms with van der Waals surface area (Å²) >= 11 is 0. The minimum Gasteiger partial charge on any atom is -0.397 e. The molecule has 1 amide bonds. The van der Waals surface area contributed by atoms with Gasteiger partial charge in [0.05, 0.1) is 17.5 Å². The zero-order chi connectivity index (χ0) is 13.5. The molecule has 0 fully saturated rings. The number of carbonyl (C=O) groups excluding carboxylic acids is 1. The third-order valence-electron chi connectivity index (χ3n) is 2.69. The third-order valence-corrected chi connectivity index (χ3v) is 2.69. The third kappa shape index (κ3) is 3.92. The molecule has 0 spiro atoms. The molecule has 18 heavy (non-hydrogen) atoms. The highest BCUT2D eigenvalue weighted by Crippen LogP contribution is 2.20. The van der Waals surface area contributed by atoms with Crippen LogP contribution in [0.3, 0.4) is 0 Å². The van der Waals surface area contributed by atoms with Crippen molar-refractivity contribution in [1.29, 1.82) is 0 Å². The van der Waals surface area contributed by atoms with E-state index >= 15 is 0 Å². The van der Waals surface area contributed by atoms with Crippen molar-refractivity contribution in [3.8, 4) is 0 Å². The summed E-state index contributed by atoms with van der Waals surface area (Å²) < 4.78 is 0. The molecule has 1 rings (SSSR count). The normalized spacial score (nSPS) is 11.9. The van der Waals surface area contributed by atoms with Gasteiger partial charge in [0.1, 0.15) is 0 Å². The second-order valence-electron chi connectivity index (χ2n) is 4.20. The molecule has 100 valence electrons. The molecule has 5 nitrogen and oxygen atoms in total. The summed E-state index contributed by atoms with van der Waals surface area (Å²) in [5, 5.41) is 15.3. The number of nitrogen functional groups attached to an aromatic ring is 1. The van der Waals surface area contributed by atoms with E-state index in [0.717, 1.165) is 12.8 Å². The summed E-state index contributed by atoms with van der Waals surface area (Å²) in [4.78, 5) is 11.5. The number of benzene rings is 1. The number of anilines is 2. The van der Waals surface area contributed by atoms with E-state index in [-0.39, 0.29) is 5.91 Å². The van der Waals surface area contributed by atoms with Crippen LogP contribution in [0.25, 0.3) is 0 Å². The number of nitrogens with one attached hydrogen (secondary N) is 2. The van der Waals surface area contributed by atoms with Crippen molar-refractivity contribution >= 4 is 17.3 Å². The first-order valence-electron chi connectivity index (χ1n) is 6.12. The average molecular weight is 251 g/mol. The minimum atomic E-state index is -0.405. The van der Waals surface area contributed by atoms with Crippen molar-refractivity contribution in [1.82, 2.24) is 5.32 Å². The Hall–Kier alpha value is -1.75. The number of aliphatic hydroxyl groups excluding tert-OH is 1. The Balaban J connectivity index is 2.72. The molecule has 5 N–H and O–H groups in total. The lowest BCUT2D eigenvalue weighted by atomic mass is 10.1. The lowest BCUT2D eigenvalue weighted by Gasteiger charge is -2.14. The molecule has 1 atom stereocenters. The number of hydrogen-bond donors (Lipinski definition) is 4. The van der Waals surface area contributed by atoms with Gasteiger partial charge in [-0.15, -0.1) is 0 Å². The smallest absolute Gasteiger partial charge is 0.251 e. The molecule has 0 bridgehead atoms. The molecular weight excluding hydrogens is 230 g/mol. The molecule has 0 heterocycles. The molecule has 0 aliphatic rings. The van der Waals surface area contributed by atoms with Crippen LogP contribution in [-0.2, 0) is 0 Å². The van der Waals surface area contributed by atoms with Gasteiger partial charge in [0.25, 0.3) is 5.91 Å². The molecule has 0 aromatic heterocycles. The molecule has 0 aliphatic carbocycles. The molecule has 1 aromatic rings. The SMILES string of the molecule is CCCC(O)CNc1cc(C(=O)NC)ccc1N. The maximum Gasteiger partial charge on any atom is 0.251 e. The molecule has 5 heteroatoms. The van der Waals surface area contributed by atoms with Gasteiger partial charge in [-0.3, -0.25) is 4.79 Å². The Kier molecular flexibility index (Phi) is 5.45. The summed E-state index contributed by atoms with van der Waals surface area (Å²) in [6.45, 7) is 2.44. The number of rotatable bonds is 6. The Morgan fingerprint density at radius 3 is 2.83 bits per heavy atom. The zero-order valence-electron chi connectivity index (χ0n) is 10.9. The summed E-state index contributed by atoms with van der Waals surface area (Å²) in [6.07, 6.45) is 1.26. The lowest BCUT2D eigenvalue weighted by Crippen LogP contribution is -2.21. The van der Waals surface area contributed by atoms with Crippen LogP contribution in [0.4, 0.5) is 11.4 Å². The first kappa shape index (κ1) is 14.3. The maximum absolute atomic E-state index is 11.5. The summed E-state index contributed by atoms with van der Waals surface area (Å²) in [5.41, 5.74) is 7.59. The van der Waals surface area contributed by atoms with Crippen molar-refractivity contribution < 1.29 is 9.90 Å². The Labute approximate surface area is 107 Å². The monoisotopic (exact) mass is 251 g/mol. The minimum absolute atomic E-state index is 0.160. The number of hydrogen-bond acceptors (Lipinski definition) is 4. The predicted octanol–water partition coefficient (Wildman–Crippen LogP) is 1.20. The maximum atomic E-state index is 11.5. The number of amides is 1. The summed E-state index contributed by atoms with van der Waals surface area (Å²) in [6, 6.07) is 5.04. The lowest BCUT2D eigenvalue weighted by molar-refractivity contribution is 0.0963. The Morgan fingerprint density at radius 1 is 1.50 bits per heavy atom. The molecule has 0 saturated heterocycles. The van der Waals surface area contributed by atoms with Gasteiger partial charge in [0, 0.05) is 19.2 Å². The van der Waals surface area contributed by atoms with Crippen molar-refractivity contribution in [3.63, 3.8) is 0 Å². The second kappa shape index (κ2) is 6.86. The van der Waals surface area contributed by atoms with Crippen LogP contribution in [0, 0.1) is 0 Å². The van der Waals surface area contributed by atoms with E-state index in [9.17, 15) is 9.90 Å². The van der Waals surface area contributed by atoms with Crippen LogP contribution in [0.1, 0.15) is 30.1 Å². The first-order valence-corrected chi connectivity index (χ1v) is 6.12. The second-order valence-corrected chi connectivity index (χ2v) is 4.20. The van der Waals surface area contributed by atoms with Gasteiger partial charge in [-0.05, 0) is 24.6 Å². The van der Waals surface area contributed by atoms with E-state index in [1.54, 1.807) is 25.2 Å². The molecular formula is C13H21N3O2. The molecule has 0 radical (unpaired) electrons. The van der Waals surface area contributed by atoms with Crippen molar-refractivity contribution in [2.75, 3.05) is 24.6 Å². The van der Waals surface area contributed by atoms with E-state index in [1.165, 1.54) is 0 Å². The van der Waals surface area contributed by atoms with Crippen LogP contribution in [-0.4, -0.2) is 30.7 Å². The van der Waals surface area contributed by atoms with Crippen LogP contribution in [0.15, 0.2) is 18.2 Å². The van der Waals surface area contributed by atoms with Gasteiger partial charge in [0.2, 0.25) is 0 Å². The molecule has 0 aliphatic heterocycles. The quantitative estimate of drug-likeness (QED) is 0.572. The standard InChI is InChI=1S/C13H21N3O2/c1-3-4-10(17)8-16-12-7-9(13(18)15-2)5-6-11(12)14/h5-7,10,16-17H,3-4,8,14H2,1-2H3,(H,15,18). The van der Waals surface area contributed by atoms with Gasteiger partial charge in [0.15, 0.2) is 0 Å². The van der Waals surface area contributed by atoms with Gasteiger partial charge in [-0.2, -0.15) is 0 Å². The zero-order valence-corrected chi connectivity index (χ0v) is 10.9. The number of carbonyl (C=O) groups is 1. The van der Waals surface area contributed by atoms with Gasteiger partial charge in [-0.1, -0.05) is 13.3 Å². The van der Waals surface area contributed by atoms with E-state index in [1.807, 2.05) is 6.92 Å². The van der Waals surface area contributed by atoms with Gasteiger partial charge in [-0.25, -0.2) is 0 Å². The predicted molar refractivity (Wildman–Crippen MR) is 73.6 cm³/mol. The molecule has 1 aromatic carbocycles. The summed E-state index contributed by atoms with van der Waals surface area (Å²) in [5.74, 6) is -0.160. The van der Waals surface area contributed by atoms with E-state index in [0.29, 0.717) is 23.5 Å². The van der Waals surface area contributed by atoms with Crippen LogP contribution < -0.4 is 16.4 Å². The fourth-order valence-electron chi connectivity index (χ4n) is 1.66. The topological polar surface area (TPSA) is 87.4 Å². The highest BCUT2D eigenvalue weighted by Gasteiger charge is 2.08. The first-order chi connectivity index (χ1) is 8.58. The van der Waals surface area contributed by atoms with E-state index < -0.39 is 6.10 Å². The molecule has 0 saturated carbocycles. The Bertz CT molecular complexity index is 407. The number of aliphatic hydroxyl groups is 1. The highest BCUT2D eigenvalue weighted by atomic mass is 16.3. The van der Waals surface area contributed by atoms with Crippen molar-refractivity contribution in [2.24, 2.45) is 0 Å². The molecule has 1 unspecified atom stereocenters.